The van der Waals surface area contributed by atoms with Gasteiger partial charge in [-0.15, -0.1) is 0 Å². The third-order valence-corrected chi connectivity index (χ3v) is 2.46. The second-order valence-corrected chi connectivity index (χ2v) is 3.82. The van der Waals surface area contributed by atoms with Crippen molar-refractivity contribution in [1.29, 1.82) is 0 Å². The van der Waals surface area contributed by atoms with E-state index in [-0.39, 0.29) is 6.79 Å². The number of carbonyl (C=O) groups is 1. The number of rotatable bonds is 3. The molecule has 0 aromatic heterocycles. The SMILES string of the molecule is CN(C)[C@H](C(=O)O)c1ccc2c(c1)OCO2. The van der Waals surface area contributed by atoms with Crippen molar-refractivity contribution in [1.82, 2.24) is 4.90 Å². The number of hydrogen-bond acceptors (Lipinski definition) is 4. The first-order valence-corrected chi connectivity index (χ1v) is 4.88. The molecular formula is C11H13NO4. The van der Waals surface area contributed by atoms with Gasteiger partial charge in [-0.2, -0.15) is 0 Å². The van der Waals surface area contributed by atoms with Gasteiger partial charge in [0.15, 0.2) is 11.5 Å². The van der Waals surface area contributed by atoms with Crippen molar-refractivity contribution in [2.75, 3.05) is 20.9 Å². The van der Waals surface area contributed by atoms with E-state index in [1.807, 2.05) is 0 Å². The van der Waals surface area contributed by atoms with Gasteiger partial charge in [-0.3, -0.25) is 9.69 Å². The van der Waals surface area contributed by atoms with E-state index in [0.29, 0.717) is 17.1 Å². The van der Waals surface area contributed by atoms with E-state index in [9.17, 15) is 4.79 Å². The Morgan fingerprint density at radius 3 is 2.69 bits per heavy atom. The molecule has 5 heteroatoms. The zero-order chi connectivity index (χ0) is 11.7. The van der Waals surface area contributed by atoms with Crippen LogP contribution in [-0.4, -0.2) is 36.9 Å². The molecule has 2 rings (SSSR count). The molecule has 0 spiro atoms. The number of ether oxygens (including phenoxy) is 2. The number of carboxylic acid groups (broad SMARTS) is 1. The Morgan fingerprint density at radius 1 is 1.38 bits per heavy atom. The summed E-state index contributed by atoms with van der Waals surface area (Å²) < 4.78 is 10.4. The Balaban J connectivity index is 2.35. The van der Waals surface area contributed by atoms with Crippen LogP contribution < -0.4 is 9.47 Å². The van der Waals surface area contributed by atoms with Crippen LogP contribution in [0.2, 0.25) is 0 Å². The van der Waals surface area contributed by atoms with E-state index in [4.69, 9.17) is 14.6 Å². The van der Waals surface area contributed by atoms with Crippen LogP contribution >= 0.6 is 0 Å². The van der Waals surface area contributed by atoms with Crippen molar-refractivity contribution in [2.45, 2.75) is 6.04 Å². The van der Waals surface area contributed by atoms with E-state index in [0.717, 1.165) is 0 Å². The first kappa shape index (κ1) is 10.8. The number of fused-ring (bicyclic) bond motifs is 1. The maximum Gasteiger partial charge on any atom is 0.325 e. The second kappa shape index (κ2) is 4.02. The quantitative estimate of drug-likeness (QED) is 0.831. The molecular weight excluding hydrogens is 210 g/mol. The van der Waals surface area contributed by atoms with E-state index >= 15 is 0 Å². The van der Waals surface area contributed by atoms with Crippen LogP contribution in [0.5, 0.6) is 11.5 Å². The third kappa shape index (κ3) is 1.81. The van der Waals surface area contributed by atoms with Crippen molar-refractivity contribution in [3.8, 4) is 11.5 Å². The van der Waals surface area contributed by atoms with Gasteiger partial charge >= 0.3 is 5.97 Å². The Hall–Kier alpha value is -1.75. The molecule has 0 bridgehead atoms. The first-order chi connectivity index (χ1) is 7.59. The van der Waals surface area contributed by atoms with Crippen molar-refractivity contribution in [2.24, 2.45) is 0 Å². The number of benzene rings is 1. The fraction of sp³-hybridized carbons (Fsp3) is 0.364. The highest BCUT2D eigenvalue weighted by Gasteiger charge is 2.24. The molecule has 86 valence electrons. The zero-order valence-corrected chi connectivity index (χ0v) is 9.14. The predicted molar refractivity (Wildman–Crippen MR) is 56.6 cm³/mol. The lowest BCUT2D eigenvalue weighted by molar-refractivity contribution is -0.142. The fourth-order valence-corrected chi connectivity index (χ4v) is 1.74. The van der Waals surface area contributed by atoms with Crippen LogP contribution in [0, 0.1) is 0 Å². The second-order valence-electron chi connectivity index (χ2n) is 3.82. The van der Waals surface area contributed by atoms with E-state index in [1.54, 1.807) is 37.2 Å². The summed E-state index contributed by atoms with van der Waals surface area (Å²) in [6.07, 6.45) is 0. The molecule has 1 heterocycles. The van der Waals surface area contributed by atoms with E-state index in [1.165, 1.54) is 0 Å². The maximum atomic E-state index is 11.1. The van der Waals surface area contributed by atoms with Crippen LogP contribution in [0.25, 0.3) is 0 Å². The van der Waals surface area contributed by atoms with Crippen LogP contribution in [0.3, 0.4) is 0 Å². The topological polar surface area (TPSA) is 59.0 Å². The molecule has 0 amide bonds. The number of nitrogens with zero attached hydrogens (tertiary/aromatic N) is 1. The van der Waals surface area contributed by atoms with Gasteiger partial charge in [0.25, 0.3) is 0 Å². The number of hydrogen-bond donors (Lipinski definition) is 1. The van der Waals surface area contributed by atoms with E-state index in [2.05, 4.69) is 0 Å². The molecule has 16 heavy (non-hydrogen) atoms. The molecule has 1 N–H and O–H groups in total. The lowest BCUT2D eigenvalue weighted by atomic mass is 10.1. The maximum absolute atomic E-state index is 11.1. The number of aliphatic carboxylic acids is 1. The molecule has 0 saturated heterocycles. The van der Waals surface area contributed by atoms with Crippen molar-refractivity contribution in [3.05, 3.63) is 23.8 Å². The number of likely N-dealkylation sites (N-methyl/N-ethyl adjacent to an activating group) is 1. The zero-order valence-electron chi connectivity index (χ0n) is 9.14. The van der Waals surface area contributed by atoms with Crippen molar-refractivity contribution in [3.63, 3.8) is 0 Å². The van der Waals surface area contributed by atoms with Gasteiger partial charge in [0, 0.05) is 0 Å². The highest BCUT2D eigenvalue weighted by atomic mass is 16.7. The molecule has 0 radical (unpaired) electrons. The molecule has 1 aliphatic rings. The lowest BCUT2D eigenvalue weighted by Gasteiger charge is -2.20. The van der Waals surface area contributed by atoms with Gasteiger partial charge in [-0.25, -0.2) is 0 Å². The molecule has 0 aliphatic carbocycles. The van der Waals surface area contributed by atoms with E-state index < -0.39 is 12.0 Å². The van der Waals surface area contributed by atoms with Gasteiger partial charge in [0.1, 0.15) is 6.04 Å². The summed E-state index contributed by atoms with van der Waals surface area (Å²) in [4.78, 5) is 12.8. The van der Waals surface area contributed by atoms with Crippen molar-refractivity contribution < 1.29 is 19.4 Å². The van der Waals surface area contributed by atoms with Crippen molar-refractivity contribution >= 4 is 5.97 Å². The highest BCUT2D eigenvalue weighted by Crippen LogP contribution is 2.35. The monoisotopic (exact) mass is 223 g/mol. The highest BCUT2D eigenvalue weighted by molar-refractivity contribution is 5.76. The van der Waals surface area contributed by atoms with Gasteiger partial charge < -0.3 is 14.6 Å². The van der Waals surface area contributed by atoms with Crippen LogP contribution in [0.15, 0.2) is 18.2 Å². The Kier molecular flexibility index (Phi) is 2.70. The molecule has 1 aromatic rings. The van der Waals surface area contributed by atoms with Gasteiger partial charge in [-0.1, -0.05) is 6.07 Å². The largest absolute Gasteiger partial charge is 0.480 e. The molecule has 0 unspecified atom stereocenters. The lowest BCUT2D eigenvalue weighted by Crippen LogP contribution is -2.27. The summed E-state index contributed by atoms with van der Waals surface area (Å²) in [5, 5.41) is 9.13. The first-order valence-electron chi connectivity index (χ1n) is 4.88. The third-order valence-electron chi connectivity index (χ3n) is 2.46. The van der Waals surface area contributed by atoms with Gasteiger partial charge in [-0.05, 0) is 31.8 Å². The van der Waals surface area contributed by atoms with Crippen LogP contribution in [-0.2, 0) is 4.79 Å². The Morgan fingerprint density at radius 2 is 2.06 bits per heavy atom. The fourth-order valence-electron chi connectivity index (χ4n) is 1.74. The Labute approximate surface area is 93.2 Å². The number of carboxylic acids is 1. The summed E-state index contributed by atoms with van der Waals surface area (Å²) in [6.45, 7) is 0.193. The minimum Gasteiger partial charge on any atom is -0.480 e. The molecule has 1 aliphatic heterocycles. The smallest absolute Gasteiger partial charge is 0.325 e. The molecule has 0 fully saturated rings. The molecule has 0 saturated carbocycles. The summed E-state index contributed by atoms with van der Waals surface area (Å²) in [5.74, 6) is 0.376. The van der Waals surface area contributed by atoms with Gasteiger partial charge in [0.2, 0.25) is 6.79 Å². The summed E-state index contributed by atoms with van der Waals surface area (Å²) in [6, 6.07) is 4.51. The van der Waals surface area contributed by atoms with Crippen LogP contribution in [0.1, 0.15) is 11.6 Å². The van der Waals surface area contributed by atoms with Gasteiger partial charge in [0.05, 0.1) is 0 Å². The summed E-state index contributed by atoms with van der Waals surface area (Å²) in [5.41, 5.74) is 0.682. The summed E-state index contributed by atoms with van der Waals surface area (Å²) in [7, 11) is 3.45. The van der Waals surface area contributed by atoms with Crippen LogP contribution in [0.4, 0.5) is 0 Å². The average molecular weight is 223 g/mol. The molecule has 1 atom stereocenters. The minimum absolute atomic E-state index is 0.193. The molecule has 5 nitrogen and oxygen atoms in total. The standard InChI is InChI=1S/C11H13NO4/c1-12(2)10(11(13)14)7-3-4-8-9(5-7)16-6-15-8/h3-5,10H,6H2,1-2H3,(H,13,14)/t10-/m0/s1. The summed E-state index contributed by atoms with van der Waals surface area (Å²) >= 11 is 0. The predicted octanol–water partition coefficient (Wildman–Crippen LogP) is 1.10. The minimum atomic E-state index is -0.885. The Bertz CT molecular complexity index is 416. The average Bonchev–Trinajstić information content (AvgIpc) is 2.63. The normalized spacial score (nSPS) is 15.2. The molecule has 1 aromatic carbocycles.